The van der Waals surface area contributed by atoms with Crippen molar-refractivity contribution in [3.8, 4) is 50.2 Å². The van der Waals surface area contributed by atoms with Gasteiger partial charge in [-0.15, -0.1) is 0 Å². The summed E-state index contributed by atoms with van der Waals surface area (Å²) in [5, 5.41) is 2.47. The molecule has 8 aromatic carbocycles. The van der Waals surface area contributed by atoms with Crippen molar-refractivity contribution >= 4 is 38.9 Å². The Morgan fingerprint density at radius 2 is 0.820 bits per heavy atom. The molecule has 0 unspecified atom stereocenters. The average Bonchev–Trinajstić information content (AvgIpc) is 3.46. The second-order valence-corrected chi connectivity index (χ2v) is 13.0. The summed E-state index contributed by atoms with van der Waals surface area (Å²) in [6, 6.07) is 70.7. The highest BCUT2D eigenvalue weighted by atomic mass is 15.2. The highest BCUT2D eigenvalue weighted by Gasteiger charge is 2.28. The van der Waals surface area contributed by atoms with Gasteiger partial charge in [0.15, 0.2) is 0 Å². The zero-order valence-electron chi connectivity index (χ0n) is 27.4. The summed E-state index contributed by atoms with van der Waals surface area (Å²) in [5.41, 5.74) is 16.6. The largest absolute Gasteiger partial charge is 0.309 e. The zero-order valence-corrected chi connectivity index (χ0v) is 27.4. The van der Waals surface area contributed by atoms with Gasteiger partial charge < -0.3 is 9.47 Å². The van der Waals surface area contributed by atoms with E-state index >= 15 is 0 Å². The van der Waals surface area contributed by atoms with E-state index in [-0.39, 0.29) is 0 Å². The summed E-state index contributed by atoms with van der Waals surface area (Å²) in [7, 11) is 0. The lowest BCUT2D eigenvalue weighted by Gasteiger charge is -2.29. The van der Waals surface area contributed by atoms with Crippen LogP contribution in [0, 0.1) is 0 Å². The van der Waals surface area contributed by atoms with E-state index in [9.17, 15) is 0 Å². The van der Waals surface area contributed by atoms with Crippen LogP contribution in [0.1, 0.15) is 0 Å². The third-order valence-corrected chi connectivity index (χ3v) is 10.1. The maximum Gasteiger partial charge on any atom is 0.0548 e. The fraction of sp³-hybridized carbons (Fsp3) is 0. The Kier molecular flexibility index (Phi) is 6.53. The van der Waals surface area contributed by atoms with Crippen LogP contribution in [0.15, 0.2) is 194 Å². The van der Waals surface area contributed by atoms with Gasteiger partial charge >= 0.3 is 0 Å². The molecule has 0 aliphatic carbocycles. The van der Waals surface area contributed by atoms with Gasteiger partial charge in [0.1, 0.15) is 0 Å². The molecule has 0 saturated heterocycles. The lowest BCUT2D eigenvalue weighted by molar-refractivity contribution is 1.18. The third kappa shape index (κ3) is 4.50. The molecule has 0 radical (unpaired) electrons. The molecule has 0 amide bonds. The number of para-hydroxylation sites is 3. The lowest BCUT2D eigenvalue weighted by atomic mass is 9.94. The van der Waals surface area contributed by atoms with Crippen LogP contribution in [0.5, 0.6) is 0 Å². The van der Waals surface area contributed by atoms with Gasteiger partial charge in [-0.1, -0.05) is 140 Å². The Hall–Kier alpha value is -6.64. The monoisotopic (exact) mass is 636 g/mol. The molecule has 9 aromatic rings. The molecule has 0 N–H and O–H groups in total. The van der Waals surface area contributed by atoms with Crippen LogP contribution in [-0.2, 0) is 0 Å². The number of nitrogens with zero attached hydrogens (tertiary/aromatic N) is 2. The quantitative estimate of drug-likeness (QED) is 0.187. The summed E-state index contributed by atoms with van der Waals surface area (Å²) in [6.07, 6.45) is 0. The number of benzene rings is 8. The highest BCUT2D eigenvalue weighted by Crippen LogP contribution is 2.53. The first-order valence-corrected chi connectivity index (χ1v) is 17.2. The van der Waals surface area contributed by atoms with E-state index in [1.807, 2.05) is 0 Å². The van der Waals surface area contributed by atoms with E-state index in [2.05, 4.69) is 204 Å². The Bertz CT molecular complexity index is 2630. The first-order chi connectivity index (χ1) is 24.8. The molecule has 2 heterocycles. The van der Waals surface area contributed by atoms with Crippen LogP contribution in [0.4, 0.5) is 17.1 Å². The summed E-state index contributed by atoms with van der Waals surface area (Å²) in [5.74, 6) is 0. The minimum atomic E-state index is 1.12. The molecule has 0 fully saturated rings. The van der Waals surface area contributed by atoms with Crippen molar-refractivity contribution in [1.29, 1.82) is 0 Å². The van der Waals surface area contributed by atoms with Crippen LogP contribution >= 0.6 is 0 Å². The second-order valence-electron chi connectivity index (χ2n) is 13.0. The Morgan fingerprint density at radius 1 is 0.280 bits per heavy atom. The Morgan fingerprint density at radius 3 is 1.50 bits per heavy atom. The van der Waals surface area contributed by atoms with Gasteiger partial charge in [0.2, 0.25) is 0 Å². The van der Waals surface area contributed by atoms with Crippen LogP contribution < -0.4 is 4.90 Å². The molecule has 0 saturated carbocycles. The maximum absolute atomic E-state index is 2.50. The number of aromatic nitrogens is 1. The van der Waals surface area contributed by atoms with Gasteiger partial charge in [0.05, 0.1) is 22.4 Å². The first-order valence-electron chi connectivity index (χ1n) is 17.2. The van der Waals surface area contributed by atoms with E-state index in [4.69, 9.17) is 0 Å². The van der Waals surface area contributed by atoms with Gasteiger partial charge in [0, 0.05) is 33.3 Å². The van der Waals surface area contributed by atoms with Crippen molar-refractivity contribution < 1.29 is 0 Å². The summed E-state index contributed by atoms with van der Waals surface area (Å²) < 4.78 is 2.42. The molecule has 0 bridgehead atoms. The molecule has 0 atom stereocenters. The maximum atomic E-state index is 2.50. The van der Waals surface area contributed by atoms with Gasteiger partial charge in [-0.3, -0.25) is 0 Å². The fourth-order valence-electron chi connectivity index (χ4n) is 7.85. The molecule has 1 aliphatic heterocycles. The van der Waals surface area contributed by atoms with Gasteiger partial charge in [-0.2, -0.15) is 0 Å². The van der Waals surface area contributed by atoms with Gasteiger partial charge in [0.25, 0.3) is 0 Å². The SMILES string of the molecule is c1ccc(-c2cc(-c3ccccc3)cc(N3c4ccccc4-c4ccccc4-c4cc5c(cc43)c3ccccc3n5-c3ccccc3)c2)cc1. The molecule has 50 heavy (non-hydrogen) atoms. The number of hydrogen-bond donors (Lipinski definition) is 0. The third-order valence-electron chi connectivity index (χ3n) is 10.1. The van der Waals surface area contributed by atoms with E-state index in [1.165, 1.54) is 66.3 Å². The number of rotatable bonds is 4. The summed E-state index contributed by atoms with van der Waals surface area (Å²) in [4.78, 5) is 2.50. The molecule has 2 heteroatoms. The first kappa shape index (κ1) is 28.4. The molecule has 1 aliphatic rings. The molecule has 2 nitrogen and oxygen atoms in total. The van der Waals surface area contributed by atoms with Crippen LogP contribution in [-0.4, -0.2) is 4.57 Å². The number of fused-ring (bicyclic) bond motifs is 8. The van der Waals surface area contributed by atoms with Crippen molar-refractivity contribution in [2.24, 2.45) is 0 Å². The topological polar surface area (TPSA) is 8.17 Å². The standard InChI is InChI=1S/C48H32N2/c1-4-16-33(17-5-1)35-28-36(34-18-6-2-7-19-34)30-38(29-35)50-45-26-14-12-24-41(45)39-22-10-11-23-40(39)43-31-48-44(32-47(43)50)42-25-13-15-27-46(42)49(48)37-20-8-3-9-21-37/h1-32H. The van der Waals surface area contributed by atoms with Crippen molar-refractivity contribution in [2.45, 2.75) is 0 Å². The normalized spacial score (nSPS) is 12.0. The molecule has 0 spiro atoms. The van der Waals surface area contributed by atoms with Gasteiger partial charge in [-0.05, 0) is 88.0 Å². The van der Waals surface area contributed by atoms with E-state index in [0.29, 0.717) is 0 Å². The lowest BCUT2D eigenvalue weighted by Crippen LogP contribution is -2.11. The van der Waals surface area contributed by atoms with Crippen LogP contribution in [0.3, 0.4) is 0 Å². The van der Waals surface area contributed by atoms with E-state index < -0.39 is 0 Å². The van der Waals surface area contributed by atoms with Crippen LogP contribution in [0.2, 0.25) is 0 Å². The van der Waals surface area contributed by atoms with Gasteiger partial charge in [-0.25, -0.2) is 0 Å². The minimum absolute atomic E-state index is 1.12. The molecule has 10 rings (SSSR count). The predicted octanol–water partition coefficient (Wildman–Crippen LogP) is 13.2. The van der Waals surface area contributed by atoms with Crippen molar-refractivity contribution in [2.75, 3.05) is 4.90 Å². The smallest absolute Gasteiger partial charge is 0.0548 e. The minimum Gasteiger partial charge on any atom is -0.309 e. The number of anilines is 3. The van der Waals surface area contributed by atoms with E-state index in [0.717, 1.165) is 22.7 Å². The predicted molar refractivity (Wildman–Crippen MR) is 211 cm³/mol. The molecule has 1 aromatic heterocycles. The zero-order chi connectivity index (χ0) is 33.0. The van der Waals surface area contributed by atoms with Crippen molar-refractivity contribution in [1.82, 2.24) is 4.57 Å². The summed E-state index contributed by atoms with van der Waals surface area (Å²) in [6.45, 7) is 0. The molecular weight excluding hydrogens is 605 g/mol. The highest BCUT2D eigenvalue weighted by molar-refractivity contribution is 6.15. The number of hydrogen-bond acceptors (Lipinski definition) is 1. The van der Waals surface area contributed by atoms with Crippen LogP contribution in [0.25, 0.3) is 72.0 Å². The Labute approximate surface area is 291 Å². The van der Waals surface area contributed by atoms with Crippen molar-refractivity contribution in [3.63, 3.8) is 0 Å². The average molecular weight is 637 g/mol. The molecule has 234 valence electrons. The summed E-state index contributed by atoms with van der Waals surface area (Å²) >= 11 is 0. The molecular formula is C48H32N2. The Balaban J connectivity index is 1.34. The fourth-order valence-corrected chi connectivity index (χ4v) is 7.85. The van der Waals surface area contributed by atoms with Crippen molar-refractivity contribution in [3.05, 3.63) is 194 Å². The van der Waals surface area contributed by atoms with E-state index in [1.54, 1.807) is 0 Å². The second kappa shape index (κ2) is 11.5.